The summed E-state index contributed by atoms with van der Waals surface area (Å²) in [5, 5.41) is 3.88. The lowest BCUT2D eigenvalue weighted by Gasteiger charge is -2.13. The van der Waals surface area contributed by atoms with E-state index in [-0.39, 0.29) is 22.5 Å². The molecule has 134 valence electrons. The number of aromatic amines is 1. The van der Waals surface area contributed by atoms with Crippen LogP contribution in [-0.4, -0.2) is 22.2 Å². The molecule has 0 radical (unpaired) electrons. The van der Waals surface area contributed by atoms with Gasteiger partial charge in [0.05, 0.1) is 0 Å². The predicted octanol–water partition coefficient (Wildman–Crippen LogP) is 3.99. The van der Waals surface area contributed by atoms with Crippen molar-refractivity contribution in [2.45, 2.75) is 41.9 Å². The molecule has 26 heavy (non-hydrogen) atoms. The van der Waals surface area contributed by atoms with Gasteiger partial charge in [0.25, 0.3) is 5.56 Å². The van der Waals surface area contributed by atoms with Gasteiger partial charge in [0.2, 0.25) is 5.91 Å². The summed E-state index contributed by atoms with van der Waals surface area (Å²) in [6, 6.07) is 11.8. The minimum Gasteiger partial charge on any atom is -0.350 e. The van der Waals surface area contributed by atoms with Crippen LogP contribution in [0.15, 0.2) is 52.2 Å². The summed E-state index contributed by atoms with van der Waals surface area (Å²) < 4.78 is 0. The van der Waals surface area contributed by atoms with Crippen molar-refractivity contribution in [2.75, 3.05) is 0 Å². The molecule has 1 aliphatic carbocycles. The van der Waals surface area contributed by atoms with E-state index in [0.29, 0.717) is 12.1 Å². The molecule has 1 aliphatic heterocycles. The highest BCUT2D eigenvalue weighted by atomic mass is 35.5. The molecule has 1 aromatic carbocycles. The third-order valence-electron chi connectivity index (χ3n) is 4.54. The topological polar surface area (TPSA) is 62.0 Å². The Morgan fingerprint density at radius 3 is 2.46 bits per heavy atom. The lowest BCUT2D eigenvalue weighted by atomic mass is 9.99. The fourth-order valence-corrected chi connectivity index (χ4v) is 4.17. The quantitative estimate of drug-likeness (QED) is 0.816. The van der Waals surface area contributed by atoms with Gasteiger partial charge in [-0.1, -0.05) is 29.8 Å². The Hall–Kier alpha value is -1.98. The van der Waals surface area contributed by atoms with E-state index in [2.05, 4.69) is 34.6 Å². The molecule has 0 bridgehead atoms. The van der Waals surface area contributed by atoms with Gasteiger partial charge in [-0.3, -0.25) is 9.59 Å². The molecule has 2 N–H and O–H groups in total. The maximum absolute atomic E-state index is 12.0. The summed E-state index contributed by atoms with van der Waals surface area (Å²) >= 11 is 7.78. The molecule has 2 aliphatic rings. The highest BCUT2D eigenvalue weighted by Gasteiger charge is 2.23. The van der Waals surface area contributed by atoms with E-state index in [4.69, 9.17) is 11.6 Å². The SMILES string of the molecule is O=C1CC[C@H](/C=C(\c2ccc(SC3CC3)cc2)c2ccc(Cl)c(=O)[nH]2)N1. The minimum atomic E-state index is -0.313. The molecule has 4 nitrogen and oxygen atoms in total. The van der Waals surface area contributed by atoms with Gasteiger partial charge in [0.1, 0.15) is 5.02 Å². The first-order valence-corrected chi connectivity index (χ1v) is 10.0. The van der Waals surface area contributed by atoms with Crippen LogP contribution >= 0.6 is 23.4 Å². The zero-order valence-electron chi connectivity index (χ0n) is 14.1. The lowest BCUT2D eigenvalue weighted by molar-refractivity contribution is -0.119. The molecule has 1 aromatic heterocycles. The number of H-pyrrole nitrogens is 1. The number of halogens is 1. The van der Waals surface area contributed by atoms with Crippen LogP contribution in [0.2, 0.25) is 5.02 Å². The third-order valence-corrected chi connectivity index (χ3v) is 6.19. The molecule has 6 heteroatoms. The number of hydrogen-bond acceptors (Lipinski definition) is 3. The first kappa shape index (κ1) is 17.4. The second-order valence-electron chi connectivity index (χ2n) is 6.68. The summed E-state index contributed by atoms with van der Waals surface area (Å²) in [5.41, 5.74) is 2.28. The van der Waals surface area contributed by atoms with Crippen molar-refractivity contribution in [2.24, 2.45) is 0 Å². The first-order chi connectivity index (χ1) is 12.6. The van der Waals surface area contributed by atoms with Crippen LogP contribution in [0.1, 0.15) is 36.9 Å². The molecule has 2 heterocycles. The Morgan fingerprint density at radius 1 is 1.08 bits per heavy atom. The number of amides is 1. The van der Waals surface area contributed by atoms with E-state index >= 15 is 0 Å². The number of carbonyl (C=O) groups is 1. The van der Waals surface area contributed by atoms with Crippen LogP contribution in [0, 0.1) is 0 Å². The van der Waals surface area contributed by atoms with E-state index < -0.39 is 0 Å². The summed E-state index contributed by atoms with van der Waals surface area (Å²) in [4.78, 5) is 27.6. The number of carbonyl (C=O) groups excluding carboxylic acids is 1. The number of pyridine rings is 1. The van der Waals surface area contributed by atoms with Gasteiger partial charge in [-0.2, -0.15) is 0 Å². The molecule has 0 spiro atoms. The van der Waals surface area contributed by atoms with Crippen LogP contribution in [-0.2, 0) is 4.79 Å². The Balaban J connectivity index is 1.69. The van der Waals surface area contributed by atoms with Gasteiger partial charge < -0.3 is 10.3 Å². The Kier molecular flexibility index (Phi) is 4.92. The van der Waals surface area contributed by atoms with Crippen molar-refractivity contribution in [3.05, 3.63) is 69.1 Å². The Bertz CT molecular complexity index is 916. The maximum atomic E-state index is 12.0. The van der Waals surface area contributed by atoms with Crippen LogP contribution in [0.5, 0.6) is 0 Å². The third kappa shape index (κ3) is 4.05. The molecular formula is C20H19ClN2O2S. The minimum absolute atomic E-state index is 0.0304. The molecule has 2 aromatic rings. The lowest BCUT2D eigenvalue weighted by Crippen LogP contribution is -2.23. The second-order valence-corrected chi connectivity index (χ2v) is 8.46. The van der Waals surface area contributed by atoms with Gasteiger partial charge in [0, 0.05) is 33.9 Å². The number of thioether (sulfide) groups is 1. The Morgan fingerprint density at radius 2 is 1.85 bits per heavy atom. The predicted molar refractivity (Wildman–Crippen MR) is 106 cm³/mol. The fourth-order valence-electron chi connectivity index (χ4n) is 3.01. The average Bonchev–Trinajstić information content (AvgIpc) is 3.35. The number of rotatable bonds is 5. The van der Waals surface area contributed by atoms with Crippen molar-refractivity contribution >= 4 is 34.8 Å². The summed E-state index contributed by atoms with van der Waals surface area (Å²) in [7, 11) is 0. The highest BCUT2D eigenvalue weighted by molar-refractivity contribution is 8.00. The van der Waals surface area contributed by atoms with Crippen molar-refractivity contribution in [1.82, 2.24) is 10.3 Å². The molecule has 1 saturated heterocycles. The van der Waals surface area contributed by atoms with Gasteiger partial charge in [0.15, 0.2) is 0 Å². The normalized spacial score (nSPS) is 20.3. The largest absolute Gasteiger partial charge is 0.350 e. The zero-order valence-corrected chi connectivity index (χ0v) is 15.7. The van der Waals surface area contributed by atoms with Crippen molar-refractivity contribution in [3.8, 4) is 0 Å². The van der Waals surface area contributed by atoms with E-state index in [9.17, 15) is 9.59 Å². The number of aromatic nitrogens is 1. The standard InChI is InChI=1S/C20H19ClN2O2S/c21-17-8-9-18(23-20(17)25)16(11-13-3-10-19(24)22-13)12-1-4-14(5-2-12)26-15-6-7-15/h1-2,4-5,8-9,11,13,15H,3,6-7,10H2,(H,22,24)(H,23,25)/b16-11+/t13-/m1/s1. The van der Waals surface area contributed by atoms with Crippen LogP contribution in [0.25, 0.3) is 5.57 Å². The number of benzene rings is 1. The average molecular weight is 387 g/mol. The maximum Gasteiger partial charge on any atom is 0.267 e. The number of nitrogens with one attached hydrogen (secondary N) is 2. The van der Waals surface area contributed by atoms with E-state index in [0.717, 1.165) is 22.8 Å². The molecule has 2 fully saturated rings. The Labute approximate surface area is 161 Å². The van der Waals surface area contributed by atoms with E-state index in [1.165, 1.54) is 17.7 Å². The molecular weight excluding hydrogens is 368 g/mol. The smallest absolute Gasteiger partial charge is 0.267 e. The highest BCUT2D eigenvalue weighted by Crippen LogP contribution is 2.39. The van der Waals surface area contributed by atoms with Crippen molar-refractivity contribution in [3.63, 3.8) is 0 Å². The summed E-state index contributed by atoms with van der Waals surface area (Å²) in [6.45, 7) is 0. The second kappa shape index (κ2) is 7.33. The van der Waals surface area contributed by atoms with Crippen LogP contribution in [0.3, 0.4) is 0 Å². The molecule has 4 rings (SSSR count). The molecule has 1 amide bonds. The first-order valence-electron chi connectivity index (χ1n) is 8.76. The van der Waals surface area contributed by atoms with Crippen molar-refractivity contribution < 1.29 is 4.79 Å². The van der Waals surface area contributed by atoms with Gasteiger partial charge >= 0.3 is 0 Å². The summed E-state index contributed by atoms with van der Waals surface area (Å²) in [6.07, 6.45) is 5.90. The summed E-state index contributed by atoms with van der Waals surface area (Å²) in [5.74, 6) is 0.0615. The molecule has 1 saturated carbocycles. The van der Waals surface area contributed by atoms with Crippen LogP contribution in [0.4, 0.5) is 0 Å². The fraction of sp³-hybridized carbons (Fsp3) is 0.300. The van der Waals surface area contributed by atoms with Gasteiger partial charge in [-0.25, -0.2) is 0 Å². The van der Waals surface area contributed by atoms with Crippen molar-refractivity contribution in [1.29, 1.82) is 0 Å². The molecule has 0 unspecified atom stereocenters. The monoisotopic (exact) mass is 386 g/mol. The zero-order chi connectivity index (χ0) is 18.1. The van der Waals surface area contributed by atoms with Gasteiger partial charge in [-0.05, 0) is 49.1 Å². The van der Waals surface area contributed by atoms with E-state index in [1.54, 1.807) is 12.1 Å². The van der Waals surface area contributed by atoms with Crippen LogP contribution < -0.4 is 10.9 Å². The molecule has 1 atom stereocenters. The number of hydrogen-bond donors (Lipinski definition) is 2. The van der Waals surface area contributed by atoms with E-state index in [1.807, 2.05) is 17.8 Å². The van der Waals surface area contributed by atoms with Gasteiger partial charge in [-0.15, -0.1) is 11.8 Å².